The molecule has 1 N–H and O–H groups in total. The number of nitrogens with zero attached hydrogens (tertiary/aromatic N) is 2. The molecule has 0 fully saturated rings. The van der Waals surface area contributed by atoms with E-state index in [0.29, 0.717) is 17.9 Å². The second kappa shape index (κ2) is 5.59. The highest BCUT2D eigenvalue weighted by Crippen LogP contribution is 2.15. The average molecular weight is 263 g/mol. The number of rotatable bonds is 4. The number of carbonyl (C=O) groups excluding carboxylic acids is 1. The van der Waals surface area contributed by atoms with Crippen molar-refractivity contribution in [1.29, 1.82) is 0 Å². The van der Waals surface area contributed by atoms with Gasteiger partial charge >= 0.3 is 5.97 Å². The summed E-state index contributed by atoms with van der Waals surface area (Å²) in [5.74, 6) is 0.107. The van der Waals surface area contributed by atoms with Crippen molar-refractivity contribution in [2.24, 2.45) is 0 Å². The number of aromatic nitrogens is 2. The lowest BCUT2D eigenvalue weighted by Crippen LogP contribution is -2.09. The first kappa shape index (κ1) is 12.5. The maximum atomic E-state index is 11.5. The molecule has 0 aliphatic carbocycles. The van der Waals surface area contributed by atoms with Crippen LogP contribution in [0.15, 0.2) is 23.7 Å². The summed E-state index contributed by atoms with van der Waals surface area (Å²) >= 11 is 1.59. The van der Waals surface area contributed by atoms with Crippen molar-refractivity contribution in [2.45, 2.75) is 13.5 Å². The SMILES string of the molecule is COC(=O)c1cccnc1NCc1csc(C)n1. The van der Waals surface area contributed by atoms with Crippen LogP contribution in [0.3, 0.4) is 0 Å². The van der Waals surface area contributed by atoms with E-state index >= 15 is 0 Å². The van der Waals surface area contributed by atoms with E-state index < -0.39 is 5.97 Å². The van der Waals surface area contributed by atoms with Crippen molar-refractivity contribution < 1.29 is 9.53 Å². The normalized spacial score (nSPS) is 10.1. The van der Waals surface area contributed by atoms with E-state index in [-0.39, 0.29) is 0 Å². The van der Waals surface area contributed by atoms with E-state index in [9.17, 15) is 4.79 Å². The van der Waals surface area contributed by atoms with Gasteiger partial charge in [-0.15, -0.1) is 11.3 Å². The third-order valence-electron chi connectivity index (χ3n) is 2.32. The fraction of sp³-hybridized carbons (Fsp3) is 0.250. The van der Waals surface area contributed by atoms with Gasteiger partial charge in [-0.2, -0.15) is 0 Å². The minimum absolute atomic E-state index is 0.403. The molecule has 5 nitrogen and oxygen atoms in total. The van der Waals surface area contributed by atoms with Gasteiger partial charge in [0.15, 0.2) is 0 Å². The zero-order valence-corrected chi connectivity index (χ0v) is 11.0. The van der Waals surface area contributed by atoms with Gasteiger partial charge in [-0.05, 0) is 19.1 Å². The van der Waals surface area contributed by atoms with Crippen LogP contribution in [0.4, 0.5) is 5.82 Å². The average Bonchev–Trinajstić information content (AvgIpc) is 2.81. The highest BCUT2D eigenvalue weighted by molar-refractivity contribution is 7.09. The Bertz CT molecular complexity index is 554. The molecule has 0 unspecified atom stereocenters. The number of anilines is 1. The van der Waals surface area contributed by atoms with E-state index in [4.69, 9.17) is 4.74 Å². The minimum atomic E-state index is -0.403. The first-order valence-corrected chi connectivity index (χ1v) is 6.27. The van der Waals surface area contributed by atoms with Crippen LogP contribution in [0.2, 0.25) is 0 Å². The van der Waals surface area contributed by atoms with Crippen molar-refractivity contribution >= 4 is 23.1 Å². The Morgan fingerprint density at radius 3 is 3.06 bits per heavy atom. The maximum absolute atomic E-state index is 11.5. The molecule has 0 atom stereocenters. The van der Waals surface area contributed by atoms with Gasteiger partial charge in [0.1, 0.15) is 11.4 Å². The fourth-order valence-corrected chi connectivity index (χ4v) is 2.10. The Kier molecular flexibility index (Phi) is 3.88. The zero-order valence-electron chi connectivity index (χ0n) is 10.1. The molecule has 2 rings (SSSR count). The number of esters is 1. The van der Waals surface area contributed by atoms with E-state index in [2.05, 4.69) is 15.3 Å². The van der Waals surface area contributed by atoms with Crippen LogP contribution in [0.1, 0.15) is 21.1 Å². The first-order chi connectivity index (χ1) is 8.70. The predicted molar refractivity (Wildman–Crippen MR) is 69.8 cm³/mol. The molecule has 0 saturated heterocycles. The van der Waals surface area contributed by atoms with Crippen molar-refractivity contribution in [3.63, 3.8) is 0 Å². The van der Waals surface area contributed by atoms with Crippen LogP contribution < -0.4 is 5.32 Å². The van der Waals surface area contributed by atoms with Crippen LogP contribution in [-0.4, -0.2) is 23.0 Å². The molecule has 0 bridgehead atoms. The van der Waals surface area contributed by atoms with Crippen LogP contribution in [-0.2, 0) is 11.3 Å². The summed E-state index contributed by atoms with van der Waals surface area (Å²) in [6.07, 6.45) is 1.63. The van der Waals surface area contributed by atoms with Gasteiger partial charge < -0.3 is 10.1 Å². The molecule has 94 valence electrons. The summed E-state index contributed by atoms with van der Waals surface area (Å²) in [6, 6.07) is 3.37. The standard InChI is InChI=1S/C12H13N3O2S/c1-8-15-9(7-18-8)6-14-11-10(12(16)17-2)4-3-5-13-11/h3-5,7H,6H2,1-2H3,(H,13,14). The largest absolute Gasteiger partial charge is 0.465 e. The Morgan fingerprint density at radius 2 is 2.39 bits per heavy atom. The summed E-state index contributed by atoms with van der Waals surface area (Å²) < 4.78 is 4.70. The molecular weight excluding hydrogens is 250 g/mol. The lowest BCUT2D eigenvalue weighted by molar-refractivity contribution is 0.0601. The maximum Gasteiger partial charge on any atom is 0.341 e. The predicted octanol–water partition coefficient (Wildman–Crippen LogP) is 2.25. The lowest BCUT2D eigenvalue weighted by Gasteiger charge is -2.07. The number of nitrogens with one attached hydrogen (secondary N) is 1. The molecule has 0 radical (unpaired) electrons. The van der Waals surface area contributed by atoms with Crippen LogP contribution in [0, 0.1) is 6.92 Å². The molecule has 2 heterocycles. The molecule has 2 aromatic rings. The highest BCUT2D eigenvalue weighted by atomic mass is 32.1. The number of ether oxygens (including phenoxy) is 1. The molecule has 0 aliphatic heterocycles. The molecule has 0 aromatic carbocycles. The minimum Gasteiger partial charge on any atom is -0.465 e. The van der Waals surface area contributed by atoms with Gasteiger partial charge in [0.25, 0.3) is 0 Å². The van der Waals surface area contributed by atoms with Gasteiger partial charge in [-0.1, -0.05) is 0 Å². The Balaban J connectivity index is 2.11. The summed E-state index contributed by atoms with van der Waals surface area (Å²) in [5.41, 5.74) is 1.35. The van der Waals surface area contributed by atoms with Crippen LogP contribution >= 0.6 is 11.3 Å². The number of thiazole rings is 1. The monoisotopic (exact) mass is 263 g/mol. The van der Waals surface area contributed by atoms with E-state index in [1.165, 1.54) is 7.11 Å². The number of methoxy groups -OCH3 is 1. The summed E-state index contributed by atoms with van der Waals surface area (Å²) in [4.78, 5) is 20.0. The van der Waals surface area contributed by atoms with Crippen molar-refractivity contribution in [2.75, 3.05) is 12.4 Å². The molecule has 18 heavy (non-hydrogen) atoms. The van der Waals surface area contributed by atoms with Gasteiger partial charge in [0, 0.05) is 11.6 Å². The number of carbonyl (C=O) groups is 1. The number of hydrogen-bond acceptors (Lipinski definition) is 6. The molecule has 6 heteroatoms. The third kappa shape index (κ3) is 2.84. The van der Waals surface area contributed by atoms with Crippen LogP contribution in [0.5, 0.6) is 0 Å². The quantitative estimate of drug-likeness (QED) is 0.857. The molecule has 0 aliphatic rings. The molecular formula is C12H13N3O2S. The summed E-state index contributed by atoms with van der Waals surface area (Å²) in [7, 11) is 1.35. The van der Waals surface area contributed by atoms with Crippen molar-refractivity contribution in [3.8, 4) is 0 Å². The molecule has 0 amide bonds. The number of pyridine rings is 1. The number of aryl methyl sites for hydroxylation is 1. The van der Waals surface area contributed by atoms with E-state index in [0.717, 1.165) is 10.7 Å². The first-order valence-electron chi connectivity index (χ1n) is 5.39. The van der Waals surface area contributed by atoms with Gasteiger partial charge in [0.2, 0.25) is 0 Å². The Hall–Kier alpha value is -1.95. The smallest absolute Gasteiger partial charge is 0.341 e. The third-order valence-corrected chi connectivity index (χ3v) is 3.14. The molecule has 2 aromatic heterocycles. The topological polar surface area (TPSA) is 64.1 Å². The van der Waals surface area contributed by atoms with Crippen molar-refractivity contribution in [1.82, 2.24) is 9.97 Å². The fourth-order valence-electron chi connectivity index (χ4n) is 1.48. The van der Waals surface area contributed by atoms with Gasteiger partial charge in [-0.3, -0.25) is 0 Å². The second-order valence-corrected chi connectivity index (χ2v) is 4.66. The summed E-state index contributed by atoms with van der Waals surface area (Å²) in [6.45, 7) is 2.49. The van der Waals surface area contributed by atoms with Gasteiger partial charge in [0.05, 0.1) is 24.4 Å². The van der Waals surface area contributed by atoms with E-state index in [1.54, 1.807) is 29.7 Å². The number of hydrogen-bond donors (Lipinski definition) is 1. The Morgan fingerprint density at radius 1 is 1.56 bits per heavy atom. The second-order valence-electron chi connectivity index (χ2n) is 3.60. The lowest BCUT2D eigenvalue weighted by atomic mass is 10.2. The summed E-state index contributed by atoms with van der Waals surface area (Å²) in [5, 5.41) is 6.08. The zero-order chi connectivity index (χ0) is 13.0. The highest BCUT2D eigenvalue weighted by Gasteiger charge is 2.12. The molecule has 0 spiro atoms. The van der Waals surface area contributed by atoms with Crippen LogP contribution in [0.25, 0.3) is 0 Å². The van der Waals surface area contributed by atoms with E-state index in [1.807, 2.05) is 12.3 Å². The Labute approximate surface area is 109 Å². The van der Waals surface area contributed by atoms with Crippen molar-refractivity contribution in [3.05, 3.63) is 40.0 Å². The van der Waals surface area contributed by atoms with Gasteiger partial charge in [-0.25, -0.2) is 14.8 Å². The molecule has 0 saturated carbocycles.